The quantitative estimate of drug-likeness (QED) is 0.496. The molecule has 2 amide bonds. The van der Waals surface area contributed by atoms with Crippen LogP contribution in [0.15, 0.2) is 42.5 Å². The first kappa shape index (κ1) is 17.2. The summed E-state index contributed by atoms with van der Waals surface area (Å²) < 4.78 is 1.03. The van der Waals surface area contributed by atoms with Crippen LogP contribution in [0, 0.1) is 6.92 Å². The highest BCUT2D eigenvalue weighted by Gasteiger charge is 2.14. The largest absolute Gasteiger partial charge is 0.350 e. The molecule has 0 aliphatic rings. The van der Waals surface area contributed by atoms with E-state index in [1.54, 1.807) is 0 Å². The van der Waals surface area contributed by atoms with E-state index in [2.05, 4.69) is 25.8 Å². The molecule has 4 aromatic rings. The van der Waals surface area contributed by atoms with Gasteiger partial charge in [0, 0.05) is 18.4 Å². The van der Waals surface area contributed by atoms with E-state index < -0.39 is 0 Å². The van der Waals surface area contributed by atoms with Crippen LogP contribution in [0.5, 0.6) is 0 Å². The van der Waals surface area contributed by atoms with Crippen molar-refractivity contribution < 1.29 is 9.59 Å². The Morgan fingerprint density at radius 2 is 2.04 bits per heavy atom. The van der Waals surface area contributed by atoms with Crippen LogP contribution in [-0.4, -0.2) is 33.5 Å². The Morgan fingerprint density at radius 3 is 2.93 bits per heavy atom. The fourth-order valence-corrected chi connectivity index (χ4v) is 3.76. The number of hydrogen-bond acceptors (Lipinski definition) is 5. The zero-order valence-corrected chi connectivity index (χ0v) is 15.4. The second-order valence-electron chi connectivity index (χ2n) is 6.16. The Bertz CT molecular complexity index is 1150. The number of hydrogen-bond donors (Lipinski definition) is 3. The summed E-state index contributed by atoms with van der Waals surface area (Å²) in [5, 5.41) is 13.7. The number of anilines is 1. The molecule has 0 atom stereocenters. The Morgan fingerprint density at radius 1 is 1.19 bits per heavy atom. The summed E-state index contributed by atoms with van der Waals surface area (Å²) in [6.45, 7) is 2.23. The molecule has 0 radical (unpaired) electrons. The first-order chi connectivity index (χ1) is 13.1. The van der Waals surface area contributed by atoms with Crippen molar-refractivity contribution in [1.29, 1.82) is 0 Å². The average Bonchev–Trinajstić information content (AvgIpc) is 3.24. The van der Waals surface area contributed by atoms with E-state index in [0.717, 1.165) is 26.7 Å². The Balaban J connectivity index is 1.33. The smallest absolute Gasteiger partial charge is 0.272 e. The van der Waals surface area contributed by atoms with Gasteiger partial charge in [0.25, 0.3) is 5.91 Å². The third-order valence-electron chi connectivity index (χ3n) is 4.11. The van der Waals surface area contributed by atoms with Crippen LogP contribution in [0.4, 0.5) is 5.13 Å². The van der Waals surface area contributed by atoms with Crippen LogP contribution in [-0.2, 0) is 4.79 Å². The van der Waals surface area contributed by atoms with Crippen LogP contribution in [0.1, 0.15) is 22.5 Å². The predicted octanol–water partition coefficient (Wildman–Crippen LogP) is 3.24. The van der Waals surface area contributed by atoms with E-state index in [-0.39, 0.29) is 24.8 Å². The Labute approximate surface area is 158 Å². The molecule has 8 heteroatoms. The second kappa shape index (κ2) is 7.16. The normalized spacial score (nSPS) is 11.0. The van der Waals surface area contributed by atoms with Gasteiger partial charge in [0.15, 0.2) is 10.8 Å². The van der Waals surface area contributed by atoms with Crippen molar-refractivity contribution in [3.05, 3.63) is 53.7 Å². The molecular weight excluding hydrogens is 362 g/mol. The lowest BCUT2D eigenvalue weighted by molar-refractivity contribution is -0.116. The van der Waals surface area contributed by atoms with E-state index in [9.17, 15) is 9.59 Å². The molecule has 2 aromatic heterocycles. The minimum Gasteiger partial charge on any atom is -0.350 e. The van der Waals surface area contributed by atoms with E-state index in [4.69, 9.17) is 0 Å². The molecule has 0 unspecified atom stereocenters. The van der Waals surface area contributed by atoms with Crippen molar-refractivity contribution in [3.8, 4) is 0 Å². The lowest BCUT2D eigenvalue weighted by Gasteiger charge is -2.03. The standard InChI is InChI=1S/C19H17N5O2S/c1-11-6-7-14-15(10-11)27-19(21-14)22-16(25)8-9-20-18(26)17-12-4-2-3-5-13(12)23-24-17/h2-7,10H,8-9H2,1H3,(H,20,26)(H,23,24)(H,21,22,25). The van der Waals surface area contributed by atoms with Gasteiger partial charge in [-0.3, -0.25) is 14.7 Å². The monoisotopic (exact) mass is 379 g/mol. The summed E-state index contributed by atoms with van der Waals surface area (Å²) in [5.74, 6) is -0.506. The third-order valence-corrected chi connectivity index (χ3v) is 5.05. The van der Waals surface area contributed by atoms with Gasteiger partial charge in [-0.25, -0.2) is 4.98 Å². The number of fused-ring (bicyclic) bond motifs is 2. The van der Waals surface area contributed by atoms with Gasteiger partial charge in [0.1, 0.15) is 0 Å². The van der Waals surface area contributed by atoms with Crippen molar-refractivity contribution in [2.75, 3.05) is 11.9 Å². The Kier molecular flexibility index (Phi) is 4.55. The molecule has 2 aromatic carbocycles. The Hall–Kier alpha value is -3.26. The third kappa shape index (κ3) is 3.65. The fourth-order valence-electron chi connectivity index (χ4n) is 2.78. The molecule has 0 spiro atoms. The van der Waals surface area contributed by atoms with Crippen LogP contribution in [0.2, 0.25) is 0 Å². The highest BCUT2D eigenvalue weighted by Crippen LogP contribution is 2.26. The molecule has 2 heterocycles. The van der Waals surface area contributed by atoms with Crippen molar-refractivity contribution >= 4 is 49.4 Å². The molecule has 136 valence electrons. The number of aromatic nitrogens is 3. The summed E-state index contributed by atoms with van der Waals surface area (Å²) in [4.78, 5) is 28.8. The number of carbonyl (C=O) groups excluding carboxylic acids is 2. The molecule has 4 rings (SSSR count). The van der Waals surface area contributed by atoms with Gasteiger partial charge in [-0.2, -0.15) is 5.10 Å². The van der Waals surface area contributed by atoms with Gasteiger partial charge < -0.3 is 10.6 Å². The number of nitrogens with zero attached hydrogens (tertiary/aromatic N) is 2. The van der Waals surface area contributed by atoms with Gasteiger partial charge in [0.2, 0.25) is 5.91 Å². The van der Waals surface area contributed by atoms with E-state index in [1.165, 1.54) is 11.3 Å². The highest BCUT2D eigenvalue weighted by atomic mass is 32.1. The molecule has 0 aliphatic heterocycles. The lowest BCUT2D eigenvalue weighted by Crippen LogP contribution is -2.28. The number of carbonyl (C=O) groups is 2. The summed E-state index contributed by atoms with van der Waals surface area (Å²) in [6, 6.07) is 13.4. The minimum absolute atomic E-state index is 0.156. The summed E-state index contributed by atoms with van der Waals surface area (Å²) in [6.07, 6.45) is 0.156. The number of aromatic amines is 1. The molecule has 7 nitrogen and oxygen atoms in total. The summed E-state index contributed by atoms with van der Waals surface area (Å²) >= 11 is 1.43. The van der Waals surface area contributed by atoms with Gasteiger partial charge in [-0.15, -0.1) is 0 Å². The highest BCUT2D eigenvalue weighted by molar-refractivity contribution is 7.22. The maximum absolute atomic E-state index is 12.3. The zero-order valence-electron chi connectivity index (χ0n) is 14.6. The molecular formula is C19H17N5O2S. The molecule has 0 aliphatic carbocycles. The molecule has 0 saturated carbocycles. The van der Waals surface area contributed by atoms with E-state index >= 15 is 0 Å². The number of rotatable bonds is 5. The van der Waals surface area contributed by atoms with Crippen LogP contribution >= 0.6 is 11.3 Å². The van der Waals surface area contributed by atoms with Gasteiger partial charge in [-0.05, 0) is 30.7 Å². The minimum atomic E-state index is -0.310. The number of benzene rings is 2. The van der Waals surface area contributed by atoms with Gasteiger partial charge in [0.05, 0.1) is 15.7 Å². The number of para-hydroxylation sites is 1. The maximum atomic E-state index is 12.3. The van der Waals surface area contributed by atoms with Crippen molar-refractivity contribution in [2.45, 2.75) is 13.3 Å². The molecule has 0 bridgehead atoms. The molecule has 0 saturated heterocycles. The lowest BCUT2D eigenvalue weighted by atomic mass is 10.2. The summed E-state index contributed by atoms with van der Waals surface area (Å²) in [7, 11) is 0. The zero-order chi connectivity index (χ0) is 18.8. The first-order valence-corrected chi connectivity index (χ1v) is 9.30. The predicted molar refractivity (Wildman–Crippen MR) is 106 cm³/mol. The van der Waals surface area contributed by atoms with E-state index in [0.29, 0.717) is 10.8 Å². The summed E-state index contributed by atoms with van der Waals surface area (Å²) in [5.41, 5.74) is 3.14. The van der Waals surface area contributed by atoms with Crippen LogP contribution < -0.4 is 10.6 Å². The van der Waals surface area contributed by atoms with Crippen molar-refractivity contribution in [1.82, 2.24) is 20.5 Å². The fraction of sp³-hybridized carbons (Fsp3) is 0.158. The van der Waals surface area contributed by atoms with Crippen LogP contribution in [0.25, 0.3) is 21.1 Å². The van der Waals surface area contributed by atoms with Gasteiger partial charge >= 0.3 is 0 Å². The van der Waals surface area contributed by atoms with Crippen LogP contribution in [0.3, 0.4) is 0 Å². The number of amides is 2. The number of aryl methyl sites for hydroxylation is 1. The second-order valence-corrected chi connectivity index (χ2v) is 7.19. The number of H-pyrrole nitrogens is 1. The first-order valence-electron chi connectivity index (χ1n) is 8.48. The molecule has 27 heavy (non-hydrogen) atoms. The average molecular weight is 379 g/mol. The topological polar surface area (TPSA) is 99.8 Å². The number of thiazole rings is 1. The maximum Gasteiger partial charge on any atom is 0.272 e. The molecule has 0 fully saturated rings. The van der Waals surface area contributed by atoms with Crippen molar-refractivity contribution in [3.63, 3.8) is 0 Å². The van der Waals surface area contributed by atoms with Gasteiger partial charge in [-0.1, -0.05) is 35.6 Å². The van der Waals surface area contributed by atoms with Crippen molar-refractivity contribution in [2.24, 2.45) is 0 Å². The SMILES string of the molecule is Cc1ccc2nc(NC(=O)CCNC(=O)c3n[nH]c4ccccc34)sc2c1. The number of nitrogens with one attached hydrogen (secondary N) is 3. The van der Waals surface area contributed by atoms with E-state index in [1.807, 2.05) is 49.4 Å². The molecule has 3 N–H and O–H groups in total.